The van der Waals surface area contributed by atoms with Gasteiger partial charge in [-0.2, -0.15) is 0 Å². The fraction of sp³-hybridized carbons (Fsp3) is 0.0690. The molecule has 3 aromatic carbocycles. The summed E-state index contributed by atoms with van der Waals surface area (Å²) in [5.41, 5.74) is 13.3. The van der Waals surface area contributed by atoms with Crippen molar-refractivity contribution in [3.63, 3.8) is 0 Å². The minimum absolute atomic E-state index is 0.381. The predicted octanol–water partition coefficient (Wildman–Crippen LogP) is 7.25. The first-order chi connectivity index (χ1) is 17.6. The Bertz CT molecular complexity index is 1670. The van der Waals surface area contributed by atoms with Crippen molar-refractivity contribution in [2.75, 3.05) is 12.8 Å². The van der Waals surface area contributed by atoms with Crippen molar-refractivity contribution in [3.8, 4) is 50.4 Å². The second kappa shape index (κ2) is 8.94. The van der Waals surface area contributed by atoms with Crippen LogP contribution >= 0.6 is 11.3 Å². The number of methoxy groups -OCH3 is 1. The van der Waals surface area contributed by atoms with Gasteiger partial charge in [-0.05, 0) is 48.4 Å². The summed E-state index contributed by atoms with van der Waals surface area (Å²) in [6, 6.07) is 28.1. The number of benzene rings is 3. The highest BCUT2D eigenvalue weighted by atomic mass is 32.1. The highest BCUT2D eigenvalue weighted by Gasteiger charge is 2.22. The van der Waals surface area contributed by atoms with E-state index in [1.807, 2.05) is 54.6 Å². The van der Waals surface area contributed by atoms with Crippen LogP contribution < -0.4 is 10.5 Å². The summed E-state index contributed by atoms with van der Waals surface area (Å²) in [5, 5.41) is 9.42. The molecule has 0 bridgehead atoms. The zero-order valence-corrected chi connectivity index (χ0v) is 20.5. The molecule has 3 heterocycles. The first-order valence-electron chi connectivity index (χ1n) is 11.4. The van der Waals surface area contributed by atoms with Crippen LogP contribution in [0.3, 0.4) is 0 Å². The normalized spacial score (nSPS) is 11.2. The van der Waals surface area contributed by atoms with Gasteiger partial charge in [-0.3, -0.25) is 0 Å². The number of fused-ring (bicyclic) bond motifs is 1. The number of thiophene rings is 1. The molecule has 0 radical (unpaired) electrons. The number of hydrogen-bond donors (Lipinski definition) is 1. The van der Waals surface area contributed by atoms with Crippen LogP contribution in [0.5, 0.6) is 5.75 Å². The van der Waals surface area contributed by atoms with E-state index in [1.54, 1.807) is 7.11 Å². The fourth-order valence-corrected chi connectivity index (χ4v) is 5.20. The Labute approximate surface area is 212 Å². The standard InChI is InChI=1S/C29H22N4O2S/c1-17-8-10-19(11-9-17)23-16-22(18-12-14-21(34-2)15-13-18)24-25(30)26(36-29(24)31-23)28-33-32-27(35-28)20-6-4-3-5-7-20/h3-16H,30H2,1-2H3. The second-order valence-electron chi connectivity index (χ2n) is 8.45. The van der Waals surface area contributed by atoms with Gasteiger partial charge in [0.25, 0.3) is 5.89 Å². The van der Waals surface area contributed by atoms with Gasteiger partial charge in [0.05, 0.1) is 18.5 Å². The van der Waals surface area contributed by atoms with Crippen molar-refractivity contribution in [1.82, 2.24) is 15.2 Å². The van der Waals surface area contributed by atoms with Gasteiger partial charge in [0.2, 0.25) is 5.89 Å². The van der Waals surface area contributed by atoms with Gasteiger partial charge < -0.3 is 14.9 Å². The van der Waals surface area contributed by atoms with Crippen LogP contribution in [-0.2, 0) is 0 Å². The van der Waals surface area contributed by atoms with Crippen LogP contribution in [0.4, 0.5) is 5.69 Å². The molecular weight excluding hydrogens is 468 g/mol. The lowest BCUT2D eigenvalue weighted by Gasteiger charge is -2.10. The summed E-state index contributed by atoms with van der Waals surface area (Å²) < 4.78 is 11.4. The van der Waals surface area contributed by atoms with Crippen LogP contribution in [-0.4, -0.2) is 22.3 Å². The quantitative estimate of drug-likeness (QED) is 0.274. The highest BCUT2D eigenvalue weighted by Crippen LogP contribution is 2.45. The van der Waals surface area contributed by atoms with Gasteiger partial charge in [0.1, 0.15) is 15.5 Å². The number of rotatable bonds is 5. The number of nitrogen functional groups attached to an aromatic ring is 1. The van der Waals surface area contributed by atoms with Crippen molar-refractivity contribution in [1.29, 1.82) is 0 Å². The number of aryl methyl sites for hydroxylation is 1. The Hall–Kier alpha value is -4.49. The molecule has 176 valence electrons. The maximum atomic E-state index is 6.74. The predicted molar refractivity (Wildman–Crippen MR) is 145 cm³/mol. The summed E-state index contributed by atoms with van der Waals surface area (Å²) >= 11 is 1.46. The lowest BCUT2D eigenvalue weighted by Crippen LogP contribution is -1.92. The van der Waals surface area contributed by atoms with Crippen molar-refractivity contribution in [3.05, 3.63) is 90.5 Å². The molecule has 0 spiro atoms. The van der Waals surface area contributed by atoms with E-state index in [4.69, 9.17) is 19.9 Å². The minimum atomic E-state index is 0.381. The van der Waals surface area contributed by atoms with E-state index in [2.05, 4.69) is 47.5 Å². The highest BCUT2D eigenvalue weighted by molar-refractivity contribution is 7.22. The van der Waals surface area contributed by atoms with Crippen LogP contribution in [0.1, 0.15) is 5.56 Å². The topological polar surface area (TPSA) is 87.1 Å². The summed E-state index contributed by atoms with van der Waals surface area (Å²) in [4.78, 5) is 6.51. The third-order valence-electron chi connectivity index (χ3n) is 6.09. The maximum absolute atomic E-state index is 6.74. The Morgan fingerprint density at radius 3 is 2.22 bits per heavy atom. The molecule has 6 nitrogen and oxygen atoms in total. The molecule has 0 saturated heterocycles. The van der Waals surface area contributed by atoms with Crippen molar-refractivity contribution >= 4 is 27.2 Å². The third-order valence-corrected chi connectivity index (χ3v) is 7.17. The molecule has 0 aliphatic rings. The zero-order valence-electron chi connectivity index (χ0n) is 19.7. The summed E-state index contributed by atoms with van der Waals surface area (Å²) in [5.74, 6) is 1.62. The molecular formula is C29H22N4O2S. The van der Waals surface area contributed by atoms with Crippen LogP contribution in [0.25, 0.3) is 54.8 Å². The van der Waals surface area contributed by atoms with Gasteiger partial charge in [0, 0.05) is 16.5 Å². The smallest absolute Gasteiger partial charge is 0.260 e. The number of hydrogen-bond acceptors (Lipinski definition) is 7. The van der Waals surface area contributed by atoms with Crippen LogP contribution in [0.2, 0.25) is 0 Å². The van der Waals surface area contributed by atoms with E-state index in [1.165, 1.54) is 16.9 Å². The van der Waals surface area contributed by atoms with Crippen molar-refractivity contribution in [2.24, 2.45) is 0 Å². The number of nitrogens with two attached hydrogens (primary N) is 1. The SMILES string of the molecule is COc1ccc(-c2cc(-c3ccc(C)cc3)nc3sc(-c4nnc(-c5ccccc5)o4)c(N)c23)cc1. The molecule has 0 fully saturated rings. The molecule has 0 amide bonds. The lowest BCUT2D eigenvalue weighted by molar-refractivity contribution is 0.415. The van der Waals surface area contributed by atoms with E-state index < -0.39 is 0 Å². The minimum Gasteiger partial charge on any atom is -0.497 e. The van der Waals surface area contributed by atoms with Crippen LogP contribution in [0.15, 0.2) is 89.3 Å². The Kier molecular flexibility index (Phi) is 5.47. The van der Waals surface area contributed by atoms with E-state index in [-0.39, 0.29) is 0 Å². The molecule has 0 aliphatic heterocycles. The molecule has 0 atom stereocenters. The van der Waals surface area contributed by atoms with Gasteiger partial charge in [-0.1, -0.05) is 60.2 Å². The molecule has 0 aliphatic carbocycles. The Balaban J connectivity index is 1.54. The molecule has 7 heteroatoms. The summed E-state index contributed by atoms with van der Waals surface area (Å²) in [6.07, 6.45) is 0. The van der Waals surface area contributed by atoms with E-state index in [0.717, 1.165) is 43.9 Å². The fourth-order valence-electron chi connectivity index (χ4n) is 4.16. The molecule has 2 N–H and O–H groups in total. The van der Waals surface area contributed by atoms with Gasteiger partial charge >= 0.3 is 0 Å². The first-order valence-corrected chi connectivity index (χ1v) is 12.3. The first kappa shape index (κ1) is 22.0. The van der Waals surface area contributed by atoms with Crippen molar-refractivity contribution < 1.29 is 9.15 Å². The van der Waals surface area contributed by atoms with Gasteiger partial charge in [-0.25, -0.2) is 4.98 Å². The Morgan fingerprint density at radius 1 is 0.806 bits per heavy atom. The molecule has 0 saturated carbocycles. The number of aromatic nitrogens is 3. The number of ether oxygens (including phenoxy) is 1. The number of nitrogens with zero attached hydrogens (tertiary/aromatic N) is 3. The molecule has 0 unspecified atom stereocenters. The summed E-state index contributed by atoms with van der Waals surface area (Å²) in [6.45, 7) is 2.07. The van der Waals surface area contributed by atoms with E-state index >= 15 is 0 Å². The molecule has 6 rings (SSSR count). The molecule has 6 aromatic rings. The monoisotopic (exact) mass is 490 g/mol. The number of anilines is 1. The summed E-state index contributed by atoms with van der Waals surface area (Å²) in [7, 11) is 1.66. The largest absolute Gasteiger partial charge is 0.497 e. The molecule has 36 heavy (non-hydrogen) atoms. The second-order valence-corrected chi connectivity index (χ2v) is 9.45. The van der Waals surface area contributed by atoms with Gasteiger partial charge in [0.15, 0.2) is 0 Å². The Morgan fingerprint density at radius 2 is 1.50 bits per heavy atom. The number of pyridine rings is 1. The average Bonchev–Trinajstić information content (AvgIpc) is 3.54. The zero-order chi connectivity index (χ0) is 24.6. The lowest BCUT2D eigenvalue weighted by atomic mass is 9.99. The third kappa shape index (κ3) is 3.89. The maximum Gasteiger partial charge on any atom is 0.260 e. The van der Waals surface area contributed by atoms with Crippen molar-refractivity contribution in [2.45, 2.75) is 6.92 Å². The average molecular weight is 491 g/mol. The van der Waals surface area contributed by atoms with E-state index in [9.17, 15) is 0 Å². The molecule has 3 aromatic heterocycles. The van der Waals surface area contributed by atoms with E-state index in [0.29, 0.717) is 22.3 Å². The van der Waals surface area contributed by atoms with Gasteiger partial charge in [-0.15, -0.1) is 21.5 Å². The van der Waals surface area contributed by atoms with Crippen LogP contribution in [0, 0.1) is 6.92 Å².